The highest BCUT2D eigenvalue weighted by Gasteiger charge is 2.02. The van der Waals surface area contributed by atoms with Crippen LogP contribution in [0.4, 0.5) is 0 Å². The van der Waals surface area contributed by atoms with Crippen molar-refractivity contribution in [2.75, 3.05) is 6.79 Å². The summed E-state index contributed by atoms with van der Waals surface area (Å²) in [6.07, 6.45) is 7.24. The minimum atomic E-state index is -0.437. The number of rotatable bonds is 9. The largest absolute Gasteiger partial charge is 0.435 e. The summed E-state index contributed by atoms with van der Waals surface area (Å²) < 4.78 is 10.0. The number of carbonyl (C=O) groups excluding carboxylic acids is 1. The Hall–Kier alpha value is -0.830. The average molecular weight is 214 g/mol. The van der Waals surface area contributed by atoms with E-state index in [1.54, 1.807) is 0 Å². The summed E-state index contributed by atoms with van der Waals surface area (Å²) in [6, 6.07) is 0. The number of hydrogen-bond donors (Lipinski definition) is 0. The van der Waals surface area contributed by atoms with Crippen molar-refractivity contribution in [2.45, 2.75) is 52.1 Å². The van der Waals surface area contributed by atoms with Crippen LogP contribution in [-0.4, -0.2) is 18.9 Å². The molecular weight excluding hydrogens is 192 g/mol. The first-order valence-corrected chi connectivity index (χ1v) is 5.61. The predicted molar refractivity (Wildman–Crippen MR) is 60.5 cm³/mol. The van der Waals surface area contributed by atoms with Gasteiger partial charge in [0.2, 0.25) is 0 Å². The molecule has 0 fully saturated rings. The highest BCUT2D eigenvalue weighted by atomic mass is 16.7. The Bertz CT molecular complexity index is 178. The molecule has 0 saturated carbocycles. The Balaban J connectivity index is 3.29. The van der Waals surface area contributed by atoms with Crippen LogP contribution in [-0.2, 0) is 14.3 Å². The smallest absolute Gasteiger partial charge is 0.332 e. The Morgan fingerprint density at radius 3 is 2.73 bits per heavy atom. The van der Waals surface area contributed by atoms with E-state index in [2.05, 4.69) is 13.5 Å². The van der Waals surface area contributed by atoms with Gasteiger partial charge in [0.15, 0.2) is 6.79 Å². The molecule has 0 aliphatic rings. The SMILES string of the molecule is C=CC(=O)OCOC(C)CCCCCC. The maximum absolute atomic E-state index is 10.7. The van der Waals surface area contributed by atoms with Gasteiger partial charge in [-0.3, -0.25) is 0 Å². The molecule has 0 bridgehead atoms. The maximum Gasteiger partial charge on any atom is 0.332 e. The number of unbranched alkanes of at least 4 members (excludes halogenated alkanes) is 3. The molecule has 0 amide bonds. The predicted octanol–water partition coefficient (Wildman–Crippen LogP) is 3.05. The second kappa shape index (κ2) is 9.71. The summed E-state index contributed by atoms with van der Waals surface area (Å²) >= 11 is 0. The van der Waals surface area contributed by atoms with Gasteiger partial charge in [-0.15, -0.1) is 0 Å². The molecule has 0 N–H and O–H groups in total. The van der Waals surface area contributed by atoms with Crippen LogP contribution >= 0.6 is 0 Å². The average Bonchev–Trinajstić information content (AvgIpc) is 2.24. The zero-order valence-electron chi connectivity index (χ0n) is 9.83. The van der Waals surface area contributed by atoms with E-state index >= 15 is 0 Å². The van der Waals surface area contributed by atoms with Crippen molar-refractivity contribution in [2.24, 2.45) is 0 Å². The molecule has 0 aromatic heterocycles. The molecule has 0 aliphatic carbocycles. The molecule has 3 heteroatoms. The summed E-state index contributed by atoms with van der Waals surface area (Å²) in [7, 11) is 0. The van der Waals surface area contributed by atoms with E-state index in [-0.39, 0.29) is 12.9 Å². The topological polar surface area (TPSA) is 35.5 Å². The van der Waals surface area contributed by atoms with E-state index in [9.17, 15) is 4.79 Å². The van der Waals surface area contributed by atoms with E-state index in [0.29, 0.717) is 0 Å². The molecule has 0 saturated heterocycles. The van der Waals surface area contributed by atoms with Crippen molar-refractivity contribution < 1.29 is 14.3 Å². The summed E-state index contributed by atoms with van der Waals surface area (Å²) in [5.74, 6) is -0.437. The van der Waals surface area contributed by atoms with Crippen LogP contribution in [0.3, 0.4) is 0 Å². The van der Waals surface area contributed by atoms with E-state index in [4.69, 9.17) is 9.47 Å². The molecule has 0 heterocycles. The van der Waals surface area contributed by atoms with E-state index in [0.717, 1.165) is 12.5 Å². The molecule has 0 aliphatic heterocycles. The Kier molecular flexibility index (Phi) is 9.18. The van der Waals surface area contributed by atoms with Crippen molar-refractivity contribution >= 4 is 5.97 Å². The van der Waals surface area contributed by atoms with Gasteiger partial charge in [-0.2, -0.15) is 0 Å². The molecular formula is C12H22O3. The van der Waals surface area contributed by atoms with Gasteiger partial charge in [0, 0.05) is 6.08 Å². The first kappa shape index (κ1) is 14.2. The van der Waals surface area contributed by atoms with Crippen LogP contribution in [0.5, 0.6) is 0 Å². The van der Waals surface area contributed by atoms with Gasteiger partial charge < -0.3 is 9.47 Å². The second-order valence-corrected chi connectivity index (χ2v) is 3.61. The van der Waals surface area contributed by atoms with Gasteiger partial charge in [-0.25, -0.2) is 4.79 Å². The maximum atomic E-state index is 10.7. The fourth-order valence-electron chi connectivity index (χ4n) is 1.21. The third-order valence-electron chi connectivity index (χ3n) is 2.18. The van der Waals surface area contributed by atoms with Crippen LogP contribution in [0, 0.1) is 0 Å². The van der Waals surface area contributed by atoms with Crippen molar-refractivity contribution in [3.63, 3.8) is 0 Å². The van der Waals surface area contributed by atoms with Crippen LogP contribution < -0.4 is 0 Å². The molecule has 1 unspecified atom stereocenters. The van der Waals surface area contributed by atoms with Crippen LogP contribution in [0.2, 0.25) is 0 Å². The Morgan fingerprint density at radius 2 is 2.13 bits per heavy atom. The number of ether oxygens (including phenoxy) is 2. The highest BCUT2D eigenvalue weighted by Crippen LogP contribution is 2.07. The lowest BCUT2D eigenvalue weighted by molar-refractivity contribution is -0.154. The van der Waals surface area contributed by atoms with Gasteiger partial charge in [0.1, 0.15) is 0 Å². The van der Waals surface area contributed by atoms with Crippen molar-refractivity contribution in [3.8, 4) is 0 Å². The zero-order valence-corrected chi connectivity index (χ0v) is 9.83. The Morgan fingerprint density at radius 1 is 1.40 bits per heavy atom. The lowest BCUT2D eigenvalue weighted by Gasteiger charge is -2.12. The number of esters is 1. The molecule has 0 aromatic carbocycles. The number of hydrogen-bond acceptors (Lipinski definition) is 3. The van der Waals surface area contributed by atoms with Crippen molar-refractivity contribution in [1.29, 1.82) is 0 Å². The van der Waals surface area contributed by atoms with Crippen molar-refractivity contribution in [1.82, 2.24) is 0 Å². The Labute approximate surface area is 92.5 Å². The van der Waals surface area contributed by atoms with E-state index in [1.807, 2.05) is 6.92 Å². The molecule has 15 heavy (non-hydrogen) atoms. The standard InChI is InChI=1S/C12H22O3/c1-4-6-7-8-9-11(3)14-10-15-12(13)5-2/h5,11H,2,4,6-10H2,1,3H3. The lowest BCUT2D eigenvalue weighted by Crippen LogP contribution is -2.13. The fourth-order valence-corrected chi connectivity index (χ4v) is 1.21. The molecule has 3 nitrogen and oxygen atoms in total. The minimum absolute atomic E-state index is 0.0276. The quantitative estimate of drug-likeness (QED) is 0.256. The normalized spacial score (nSPS) is 12.1. The summed E-state index contributed by atoms with van der Waals surface area (Å²) in [6.45, 7) is 7.51. The number of carbonyl (C=O) groups is 1. The first-order valence-electron chi connectivity index (χ1n) is 5.61. The second-order valence-electron chi connectivity index (χ2n) is 3.61. The summed E-state index contributed by atoms with van der Waals surface area (Å²) in [4.78, 5) is 10.7. The van der Waals surface area contributed by atoms with Crippen LogP contribution in [0.15, 0.2) is 12.7 Å². The highest BCUT2D eigenvalue weighted by molar-refractivity contribution is 5.81. The van der Waals surface area contributed by atoms with Gasteiger partial charge in [-0.05, 0) is 13.3 Å². The van der Waals surface area contributed by atoms with E-state index in [1.165, 1.54) is 25.7 Å². The fraction of sp³-hybridized carbons (Fsp3) is 0.750. The zero-order chi connectivity index (χ0) is 11.5. The lowest BCUT2D eigenvalue weighted by atomic mass is 10.1. The molecule has 1 atom stereocenters. The third kappa shape index (κ3) is 9.47. The molecule has 88 valence electrons. The van der Waals surface area contributed by atoms with Crippen LogP contribution in [0.25, 0.3) is 0 Å². The first-order chi connectivity index (χ1) is 7.20. The molecule has 0 spiro atoms. The van der Waals surface area contributed by atoms with Crippen LogP contribution in [0.1, 0.15) is 46.0 Å². The minimum Gasteiger partial charge on any atom is -0.435 e. The third-order valence-corrected chi connectivity index (χ3v) is 2.18. The molecule has 0 rings (SSSR count). The van der Waals surface area contributed by atoms with Gasteiger partial charge in [0.05, 0.1) is 6.10 Å². The van der Waals surface area contributed by atoms with Crippen molar-refractivity contribution in [3.05, 3.63) is 12.7 Å². The molecule has 0 aromatic rings. The van der Waals surface area contributed by atoms with Gasteiger partial charge >= 0.3 is 5.97 Å². The summed E-state index contributed by atoms with van der Waals surface area (Å²) in [5.41, 5.74) is 0. The van der Waals surface area contributed by atoms with Gasteiger partial charge in [0.25, 0.3) is 0 Å². The molecule has 0 radical (unpaired) electrons. The monoisotopic (exact) mass is 214 g/mol. The van der Waals surface area contributed by atoms with E-state index < -0.39 is 5.97 Å². The summed E-state index contributed by atoms with van der Waals surface area (Å²) in [5, 5.41) is 0. The van der Waals surface area contributed by atoms with Gasteiger partial charge in [-0.1, -0.05) is 39.2 Å².